The molecule has 1 aromatic carbocycles. The number of aliphatic carboxylic acids is 1. The maximum absolute atomic E-state index is 13.6. The molecule has 0 aliphatic rings. The van der Waals surface area contributed by atoms with E-state index in [1.54, 1.807) is 13.2 Å². The Morgan fingerprint density at radius 1 is 1.50 bits per heavy atom. The summed E-state index contributed by atoms with van der Waals surface area (Å²) in [6.07, 6.45) is 1.91. The van der Waals surface area contributed by atoms with E-state index in [1.807, 2.05) is 4.72 Å². The number of aryl methyl sites for hydroxylation is 1. The molecule has 1 aromatic rings. The van der Waals surface area contributed by atoms with Crippen LogP contribution < -0.4 is 4.72 Å². The van der Waals surface area contributed by atoms with E-state index in [0.717, 1.165) is 6.07 Å². The summed E-state index contributed by atoms with van der Waals surface area (Å²) in [6.45, 7) is 1.63. The van der Waals surface area contributed by atoms with Crippen LogP contribution >= 0.6 is 11.8 Å². The smallest absolute Gasteiger partial charge is 0.321 e. The third-order valence-electron chi connectivity index (χ3n) is 2.58. The van der Waals surface area contributed by atoms with Gasteiger partial charge >= 0.3 is 5.97 Å². The molecule has 0 saturated heterocycles. The third-order valence-corrected chi connectivity index (χ3v) is 4.71. The monoisotopic (exact) mass is 321 g/mol. The van der Waals surface area contributed by atoms with Crippen LogP contribution in [0.2, 0.25) is 0 Å². The maximum Gasteiger partial charge on any atom is 0.321 e. The predicted molar refractivity (Wildman–Crippen MR) is 75.9 cm³/mol. The second-order valence-corrected chi connectivity index (χ2v) is 6.90. The molecule has 0 aliphatic carbocycles. The molecule has 0 unspecified atom stereocenters. The molecule has 0 radical (unpaired) electrons. The lowest BCUT2D eigenvalue weighted by Gasteiger charge is -2.15. The van der Waals surface area contributed by atoms with Crippen LogP contribution in [0.15, 0.2) is 23.1 Å². The fraction of sp³-hybridized carbons (Fsp3) is 0.417. The number of carbonyl (C=O) groups is 1. The molecule has 0 saturated carbocycles. The van der Waals surface area contributed by atoms with Crippen molar-refractivity contribution in [1.82, 2.24) is 4.72 Å². The molecule has 0 spiro atoms. The molecular formula is C12H16FNO4S2. The number of hydrogen-bond donors (Lipinski definition) is 2. The van der Waals surface area contributed by atoms with Gasteiger partial charge in [-0.1, -0.05) is 6.07 Å². The quantitative estimate of drug-likeness (QED) is 0.797. The largest absolute Gasteiger partial charge is 0.480 e. The van der Waals surface area contributed by atoms with Crippen molar-refractivity contribution < 1.29 is 22.7 Å². The van der Waals surface area contributed by atoms with E-state index in [1.165, 1.54) is 23.9 Å². The number of nitrogens with one attached hydrogen (secondary N) is 1. The Morgan fingerprint density at radius 2 is 2.15 bits per heavy atom. The molecule has 0 heterocycles. The highest BCUT2D eigenvalue weighted by Crippen LogP contribution is 2.17. The summed E-state index contributed by atoms with van der Waals surface area (Å²) in [5.74, 6) is -1.71. The first kappa shape index (κ1) is 16.9. The van der Waals surface area contributed by atoms with Gasteiger partial charge in [0.25, 0.3) is 0 Å². The van der Waals surface area contributed by atoms with Crippen molar-refractivity contribution in [2.45, 2.75) is 24.3 Å². The Balaban J connectivity index is 3.03. The van der Waals surface area contributed by atoms with Gasteiger partial charge in [0, 0.05) is 0 Å². The molecule has 112 valence electrons. The summed E-state index contributed by atoms with van der Waals surface area (Å²) >= 11 is 1.40. The molecule has 5 nitrogen and oxygen atoms in total. The minimum Gasteiger partial charge on any atom is -0.480 e. The van der Waals surface area contributed by atoms with Gasteiger partial charge in [0.15, 0.2) is 0 Å². The summed E-state index contributed by atoms with van der Waals surface area (Å²) in [5.41, 5.74) is 0.572. The summed E-state index contributed by atoms with van der Waals surface area (Å²) in [7, 11) is -4.20. The zero-order valence-electron chi connectivity index (χ0n) is 11.1. The summed E-state index contributed by atoms with van der Waals surface area (Å²) in [6, 6.07) is 2.39. The number of halogens is 1. The molecule has 2 N–H and O–H groups in total. The number of sulfonamides is 1. The zero-order chi connectivity index (χ0) is 15.3. The van der Waals surface area contributed by atoms with Crippen LogP contribution in [0.1, 0.15) is 12.0 Å². The molecule has 20 heavy (non-hydrogen) atoms. The van der Waals surface area contributed by atoms with Gasteiger partial charge in [-0.05, 0) is 43.0 Å². The highest BCUT2D eigenvalue weighted by atomic mass is 32.2. The van der Waals surface area contributed by atoms with Gasteiger partial charge in [-0.25, -0.2) is 12.8 Å². The molecular weight excluding hydrogens is 305 g/mol. The minimum atomic E-state index is -4.20. The molecule has 1 atom stereocenters. The normalized spacial score (nSPS) is 13.2. The van der Waals surface area contributed by atoms with E-state index in [-0.39, 0.29) is 6.42 Å². The third kappa shape index (κ3) is 4.46. The Hall–Kier alpha value is -1.12. The van der Waals surface area contributed by atoms with E-state index >= 15 is 0 Å². The van der Waals surface area contributed by atoms with Crippen LogP contribution in [0, 0.1) is 12.7 Å². The second-order valence-electron chi connectivity index (χ2n) is 4.23. The van der Waals surface area contributed by atoms with Crippen molar-refractivity contribution in [3.05, 3.63) is 29.6 Å². The van der Waals surface area contributed by atoms with Gasteiger partial charge in [-0.15, -0.1) is 0 Å². The number of thioether (sulfide) groups is 1. The lowest BCUT2D eigenvalue weighted by Crippen LogP contribution is -2.41. The lowest BCUT2D eigenvalue weighted by atomic mass is 10.2. The zero-order valence-corrected chi connectivity index (χ0v) is 12.7. The maximum atomic E-state index is 13.6. The first-order valence-corrected chi connectivity index (χ1v) is 8.66. The Bertz CT molecular complexity index is 589. The SMILES string of the molecule is CSCC[C@H](NS(=O)(=O)c1cc(C)ccc1F)C(=O)O. The van der Waals surface area contributed by atoms with Crippen molar-refractivity contribution in [2.24, 2.45) is 0 Å². The fourth-order valence-electron chi connectivity index (χ4n) is 1.54. The number of carboxylic acid groups (broad SMARTS) is 1. The average Bonchev–Trinajstić information content (AvgIpc) is 2.36. The van der Waals surface area contributed by atoms with E-state index in [2.05, 4.69) is 0 Å². The second kappa shape index (κ2) is 7.05. The summed E-state index contributed by atoms with van der Waals surface area (Å²) < 4.78 is 39.8. The van der Waals surface area contributed by atoms with E-state index in [0.29, 0.717) is 11.3 Å². The molecule has 0 bridgehead atoms. The Labute approximate surface area is 121 Å². The van der Waals surface area contributed by atoms with Crippen LogP contribution in [-0.4, -0.2) is 37.5 Å². The first-order valence-electron chi connectivity index (χ1n) is 5.78. The van der Waals surface area contributed by atoms with Crippen LogP contribution in [0.5, 0.6) is 0 Å². The van der Waals surface area contributed by atoms with E-state index in [9.17, 15) is 17.6 Å². The van der Waals surface area contributed by atoms with Crippen LogP contribution in [0.4, 0.5) is 4.39 Å². The average molecular weight is 321 g/mol. The minimum absolute atomic E-state index is 0.128. The van der Waals surface area contributed by atoms with Crippen LogP contribution in [0.25, 0.3) is 0 Å². The van der Waals surface area contributed by atoms with Crippen molar-refractivity contribution in [3.8, 4) is 0 Å². The van der Waals surface area contributed by atoms with Gasteiger partial charge in [0.05, 0.1) is 0 Å². The highest BCUT2D eigenvalue weighted by molar-refractivity contribution is 7.98. The fourth-order valence-corrected chi connectivity index (χ4v) is 3.39. The van der Waals surface area contributed by atoms with Crippen LogP contribution in [0.3, 0.4) is 0 Å². The number of benzene rings is 1. The molecule has 0 fully saturated rings. The van der Waals surface area contributed by atoms with Crippen LogP contribution in [-0.2, 0) is 14.8 Å². The van der Waals surface area contributed by atoms with Crippen molar-refractivity contribution >= 4 is 27.8 Å². The molecule has 0 amide bonds. The summed E-state index contributed by atoms with van der Waals surface area (Å²) in [5, 5.41) is 9.00. The Morgan fingerprint density at radius 3 is 2.70 bits per heavy atom. The summed E-state index contributed by atoms with van der Waals surface area (Å²) in [4.78, 5) is 10.5. The lowest BCUT2D eigenvalue weighted by molar-refractivity contribution is -0.139. The molecule has 0 aliphatic heterocycles. The number of rotatable bonds is 7. The van der Waals surface area contributed by atoms with Gasteiger partial charge < -0.3 is 5.11 Å². The van der Waals surface area contributed by atoms with Gasteiger partial charge in [0.1, 0.15) is 16.8 Å². The standard InChI is InChI=1S/C12H16FNO4S2/c1-8-3-4-9(13)11(7-8)20(17,18)14-10(12(15)16)5-6-19-2/h3-4,7,10,14H,5-6H2,1-2H3,(H,15,16)/t10-/m0/s1. The number of carboxylic acids is 1. The van der Waals surface area contributed by atoms with Gasteiger partial charge in [0.2, 0.25) is 10.0 Å². The van der Waals surface area contributed by atoms with Crippen molar-refractivity contribution in [1.29, 1.82) is 0 Å². The predicted octanol–water partition coefficient (Wildman–Crippen LogP) is 1.62. The van der Waals surface area contributed by atoms with Crippen molar-refractivity contribution in [3.63, 3.8) is 0 Å². The van der Waals surface area contributed by atoms with Gasteiger partial charge in [-0.3, -0.25) is 4.79 Å². The Kier molecular flexibility index (Phi) is 5.97. The van der Waals surface area contributed by atoms with E-state index in [4.69, 9.17) is 5.11 Å². The molecule has 1 rings (SSSR count). The first-order chi connectivity index (χ1) is 9.27. The van der Waals surface area contributed by atoms with Gasteiger partial charge in [-0.2, -0.15) is 16.5 Å². The van der Waals surface area contributed by atoms with E-state index < -0.39 is 32.7 Å². The highest BCUT2D eigenvalue weighted by Gasteiger charge is 2.27. The van der Waals surface area contributed by atoms with Crippen molar-refractivity contribution in [2.75, 3.05) is 12.0 Å². The topological polar surface area (TPSA) is 83.5 Å². The molecule has 0 aromatic heterocycles. The molecule has 8 heteroatoms. The number of hydrogen-bond acceptors (Lipinski definition) is 4.